The first-order valence-corrected chi connectivity index (χ1v) is 5.91. The van der Waals surface area contributed by atoms with Crippen molar-refractivity contribution in [1.82, 2.24) is 20.5 Å². The molecule has 1 atom stereocenters. The Hall–Kier alpha value is -2.41. The van der Waals surface area contributed by atoms with E-state index in [1.54, 1.807) is 12.1 Å². The molecule has 0 fully saturated rings. The van der Waals surface area contributed by atoms with Gasteiger partial charge in [-0.2, -0.15) is 5.10 Å². The summed E-state index contributed by atoms with van der Waals surface area (Å²) in [6.45, 7) is 2.30. The predicted octanol–water partition coefficient (Wildman–Crippen LogP) is 1.15. The quantitative estimate of drug-likeness (QED) is 0.661. The molecule has 2 aromatic rings. The minimum atomic E-state index is -0.301. The lowest BCUT2D eigenvalue weighted by Crippen LogP contribution is -2.31. The Bertz CT molecular complexity index is 522. The minimum absolute atomic E-state index is 0.245. The average Bonchev–Trinajstić information content (AvgIpc) is 2.93. The van der Waals surface area contributed by atoms with E-state index in [0.29, 0.717) is 18.1 Å². The predicted molar refractivity (Wildman–Crippen MR) is 71.3 cm³/mol. The van der Waals surface area contributed by atoms with Gasteiger partial charge in [0, 0.05) is 12.2 Å². The Morgan fingerprint density at radius 1 is 1.42 bits per heavy atom. The Morgan fingerprint density at radius 2 is 2.16 bits per heavy atom. The van der Waals surface area contributed by atoms with Gasteiger partial charge in [-0.05, 0) is 24.6 Å². The molecule has 0 saturated heterocycles. The van der Waals surface area contributed by atoms with E-state index >= 15 is 0 Å². The number of rotatable bonds is 4. The molecule has 7 heteroatoms. The van der Waals surface area contributed by atoms with Crippen LogP contribution in [0.5, 0.6) is 0 Å². The molecule has 0 aliphatic rings. The molecule has 1 aromatic carbocycles. The normalized spacial score (nSPS) is 11.9. The molecule has 2 rings (SSSR count). The largest absolute Gasteiger partial charge is 0.328 e. The lowest BCUT2D eigenvalue weighted by Gasteiger charge is -2.12. The van der Waals surface area contributed by atoms with Crippen LogP contribution in [-0.4, -0.2) is 21.2 Å². The highest BCUT2D eigenvalue weighted by Crippen LogP contribution is 2.10. The fourth-order valence-electron chi connectivity index (χ4n) is 1.58. The second-order valence-electron chi connectivity index (χ2n) is 4.09. The number of aromatic amines is 1. The molecular formula is C12H16N6O. The van der Waals surface area contributed by atoms with Crippen molar-refractivity contribution in [2.75, 3.05) is 5.32 Å². The van der Waals surface area contributed by atoms with Gasteiger partial charge in [0.1, 0.15) is 12.2 Å². The Labute approximate surface area is 110 Å². The molecule has 7 nitrogen and oxygen atoms in total. The Morgan fingerprint density at radius 3 is 2.74 bits per heavy atom. The molecular weight excluding hydrogens is 244 g/mol. The number of aromatic nitrogens is 3. The molecule has 0 bridgehead atoms. The highest BCUT2D eigenvalue weighted by atomic mass is 16.2. The van der Waals surface area contributed by atoms with Crippen LogP contribution < -0.4 is 16.4 Å². The summed E-state index contributed by atoms with van der Waals surface area (Å²) in [7, 11) is 0. The number of urea groups is 1. The van der Waals surface area contributed by atoms with E-state index in [2.05, 4.69) is 25.8 Å². The zero-order chi connectivity index (χ0) is 13.7. The summed E-state index contributed by atoms with van der Waals surface area (Å²) in [5, 5.41) is 11.9. The monoisotopic (exact) mass is 260 g/mol. The number of benzene rings is 1. The molecule has 0 aliphatic heterocycles. The first-order chi connectivity index (χ1) is 9.19. The van der Waals surface area contributed by atoms with Gasteiger partial charge in [0.05, 0.1) is 6.04 Å². The maximum Gasteiger partial charge on any atom is 0.319 e. The summed E-state index contributed by atoms with van der Waals surface area (Å²) >= 11 is 0. The number of carbonyl (C=O) groups is 1. The van der Waals surface area contributed by atoms with Gasteiger partial charge in [-0.15, -0.1) is 0 Å². The number of hydrogen-bond donors (Lipinski definition) is 4. The van der Waals surface area contributed by atoms with E-state index in [0.717, 1.165) is 5.56 Å². The van der Waals surface area contributed by atoms with E-state index < -0.39 is 0 Å². The third kappa shape index (κ3) is 3.52. The second kappa shape index (κ2) is 5.96. The number of nitrogens with one attached hydrogen (secondary N) is 3. The SMILES string of the molecule is CC(NC(=O)Nc1ccc(CN)cc1)c1ncn[nH]1. The molecule has 0 radical (unpaired) electrons. The summed E-state index contributed by atoms with van der Waals surface area (Å²) < 4.78 is 0. The maximum atomic E-state index is 11.8. The highest BCUT2D eigenvalue weighted by molar-refractivity contribution is 5.89. The summed E-state index contributed by atoms with van der Waals surface area (Å²) in [5.74, 6) is 0.605. The third-order valence-electron chi connectivity index (χ3n) is 2.64. The van der Waals surface area contributed by atoms with Crippen molar-refractivity contribution in [3.63, 3.8) is 0 Å². The van der Waals surface area contributed by atoms with E-state index in [1.807, 2.05) is 19.1 Å². The standard InChI is InChI=1S/C12H16N6O/c1-8(11-14-7-15-18-11)16-12(19)17-10-4-2-9(6-13)3-5-10/h2-5,7-8H,6,13H2,1H3,(H,14,15,18)(H2,16,17,19). The smallest absolute Gasteiger partial charge is 0.319 e. The number of carbonyl (C=O) groups excluding carboxylic acids is 1. The van der Waals surface area contributed by atoms with Crippen LogP contribution in [0.1, 0.15) is 24.4 Å². The molecule has 0 saturated carbocycles. The van der Waals surface area contributed by atoms with Crippen LogP contribution >= 0.6 is 0 Å². The van der Waals surface area contributed by atoms with Crippen molar-refractivity contribution >= 4 is 11.7 Å². The first kappa shape index (κ1) is 13.0. The Balaban J connectivity index is 1.90. The van der Waals surface area contributed by atoms with Crippen LogP contribution in [0.15, 0.2) is 30.6 Å². The van der Waals surface area contributed by atoms with E-state index in [-0.39, 0.29) is 12.1 Å². The van der Waals surface area contributed by atoms with Crippen molar-refractivity contribution < 1.29 is 4.79 Å². The van der Waals surface area contributed by atoms with E-state index in [9.17, 15) is 4.79 Å². The van der Waals surface area contributed by atoms with Crippen LogP contribution in [0.4, 0.5) is 10.5 Å². The van der Waals surface area contributed by atoms with Crippen molar-refractivity contribution in [2.24, 2.45) is 5.73 Å². The minimum Gasteiger partial charge on any atom is -0.328 e. The fourth-order valence-corrected chi connectivity index (χ4v) is 1.58. The maximum absolute atomic E-state index is 11.8. The van der Waals surface area contributed by atoms with Crippen LogP contribution in [-0.2, 0) is 6.54 Å². The topological polar surface area (TPSA) is 109 Å². The van der Waals surface area contributed by atoms with Crippen molar-refractivity contribution in [1.29, 1.82) is 0 Å². The van der Waals surface area contributed by atoms with Gasteiger partial charge < -0.3 is 16.4 Å². The van der Waals surface area contributed by atoms with Crippen molar-refractivity contribution in [2.45, 2.75) is 19.5 Å². The second-order valence-corrected chi connectivity index (χ2v) is 4.09. The summed E-state index contributed by atoms with van der Waals surface area (Å²) in [6, 6.07) is 6.81. The third-order valence-corrected chi connectivity index (χ3v) is 2.64. The first-order valence-electron chi connectivity index (χ1n) is 5.91. The highest BCUT2D eigenvalue weighted by Gasteiger charge is 2.11. The number of anilines is 1. The van der Waals surface area contributed by atoms with Gasteiger partial charge in [-0.3, -0.25) is 5.10 Å². The summed E-state index contributed by atoms with van der Waals surface area (Å²) in [6.07, 6.45) is 1.40. The molecule has 1 unspecified atom stereocenters. The molecule has 19 heavy (non-hydrogen) atoms. The van der Waals surface area contributed by atoms with Gasteiger partial charge in [-0.25, -0.2) is 9.78 Å². The molecule has 2 amide bonds. The average molecular weight is 260 g/mol. The van der Waals surface area contributed by atoms with Gasteiger partial charge in [0.15, 0.2) is 0 Å². The lowest BCUT2D eigenvalue weighted by atomic mass is 10.2. The Kier molecular flexibility index (Phi) is 4.09. The molecule has 5 N–H and O–H groups in total. The zero-order valence-corrected chi connectivity index (χ0v) is 10.6. The number of amides is 2. The van der Waals surface area contributed by atoms with Crippen LogP contribution in [0.2, 0.25) is 0 Å². The van der Waals surface area contributed by atoms with Crippen LogP contribution in [0.3, 0.4) is 0 Å². The number of nitrogens with zero attached hydrogens (tertiary/aromatic N) is 2. The fraction of sp³-hybridized carbons (Fsp3) is 0.250. The summed E-state index contributed by atoms with van der Waals surface area (Å²) in [5.41, 5.74) is 7.23. The van der Waals surface area contributed by atoms with Gasteiger partial charge >= 0.3 is 6.03 Å². The van der Waals surface area contributed by atoms with Crippen LogP contribution in [0.25, 0.3) is 0 Å². The summed E-state index contributed by atoms with van der Waals surface area (Å²) in [4.78, 5) is 15.7. The van der Waals surface area contributed by atoms with Gasteiger partial charge in [0.2, 0.25) is 0 Å². The zero-order valence-electron chi connectivity index (χ0n) is 10.6. The van der Waals surface area contributed by atoms with Gasteiger partial charge in [0.25, 0.3) is 0 Å². The van der Waals surface area contributed by atoms with Crippen LogP contribution in [0, 0.1) is 0 Å². The number of H-pyrrole nitrogens is 1. The van der Waals surface area contributed by atoms with Crippen molar-refractivity contribution in [3.05, 3.63) is 42.0 Å². The molecule has 100 valence electrons. The number of nitrogens with two attached hydrogens (primary N) is 1. The molecule has 1 aromatic heterocycles. The molecule has 1 heterocycles. The molecule has 0 aliphatic carbocycles. The van der Waals surface area contributed by atoms with Crippen molar-refractivity contribution in [3.8, 4) is 0 Å². The number of hydrogen-bond acceptors (Lipinski definition) is 4. The van der Waals surface area contributed by atoms with E-state index in [4.69, 9.17) is 5.73 Å². The lowest BCUT2D eigenvalue weighted by molar-refractivity contribution is 0.249. The molecule has 0 spiro atoms. The van der Waals surface area contributed by atoms with Gasteiger partial charge in [-0.1, -0.05) is 12.1 Å². The van der Waals surface area contributed by atoms with E-state index in [1.165, 1.54) is 6.33 Å².